The van der Waals surface area contributed by atoms with Crippen molar-refractivity contribution in [2.75, 3.05) is 6.61 Å². The first-order valence-corrected chi connectivity index (χ1v) is 11.0. The van der Waals surface area contributed by atoms with Gasteiger partial charge in [-0.25, -0.2) is 8.78 Å². The van der Waals surface area contributed by atoms with Crippen molar-refractivity contribution in [1.82, 2.24) is 9.97 Å². The Hall–Kier alpha value is -2.35. The third-order valence-corrected chi connectivity index (χ3v) is 8.02. The van der Waals surface area contributed by atoms with E-state index in [1.807, 2.05) is 0 Å². The maximum atomic E-state index is 14.6. The standard InChI is InChI=1S/C23H27F2N3O3/c1-21-5-7-22(8-6-21,12-31-21)14-2-4-23(24,25)11-13(14)16-10-17(29)18-15(28-16)3-9-27-19(18)20(26)30/h3,9-10,13-14H,2,4-8,11-12H2,1H3,(H2,26,30)(H,28,29)/t13-,14?,21?,22?/m1/s1. The molecule has 166 valence electrons. The molecule has 0 aromatic carbocycles. The van der Waals surface area contributed by atoms with Gasteiger partial charge in [0.25, 0.3) is 5.91 Å². The average Bonchev–Trinajstić information content (AvgIpc) is 2.73. The van der Waals surface area contributed by atoms with Crippen molar-refractivity contribution in [3.05, 3.63) is 39.9 Å². The summed E-state index contributed by atoms with van der Waals surface area (Å²) in [6.07, 6.45) is 5.16. The van der Waals surface area contributed by atoms with Crippen LogP contribution in [0.25, 0.3) is 10.9 Å². The third-order valence-electron chi connectivity index (χ3n) is 8.02. The smallest absolute Gasteiger partial charge is 0.268 e. The summed E-state index contributed by atoms with van der Waals surface area (Å²) in [6, 6.07) is 2.94. The monoisotopic (exact) mass is 431 g/mol. The average molecular weight is 431 g/mol. The van der Waals surface area contributed by atoms with E-state index in [-0.39, 0.29) is 40.9 Å². The summed E-state index contributed by atoms with van der Waals surface area (Å²) in [5.74, 6) is -4.06. The van der Waals surface area contributed by atoms with Crippen LogP contribution in [-0.4, -0.2) is 34.0 Å². The van der Waals surface area contributed by atoms with E-state index in [0.717, 1.165) is 25.7 Å². The molecule has 1 amide bonds. The van der Waals surface area contributed by atoms with Crippen molar-refractivity contribution in [3.63, 3.8) is 0 Å². The number of alkyl halides is 2. The number of nitrogens with two attached hydrogens (primary N) is 1. The number of hydrogen-bond acceptors (Lipinski definition) is 4. The second kappa shape index (κ2) is 6.82. The van der Waals surface area contributed by atoms with E-state index in [1.54, 1.807) is 6.07 Å². The van der Waals surface area contributed by atoms with Crippen LogP contribution in [0.5, 0.6) is 0 Å². The lowest BCUT2D eigenvalue weighted by atomic mass is 9.54. The Kier molecular flexibility index (Phi) is 4.52. The minimum Gasteiger partial charge on any atom is -0.375 e. The number of H-pyrrole nitrogens is 1. The van der Waals surface area contributed by atoms with Crippen molar-refractivity contribution in [2.24, 2.45) is 17.1 Å². The van der Waals surface area contributed by atoms with E-state index < -0.39 is 23.2 Å². The molecular formula is C23H27F2N3O3. The predicted octanol–water partition coefficient (Wildman–Crippen LogP) is 3.89. The maximum absolute atomic E-state index is 14.6. The molecule has 6 nitrogen and oxygen atoms in total. The van der Waals surface area contributed by atoms with Gasteiger partial charge in [0.2, 0.25) is 5.92 Å². The van der Waals surface area contributed by atoms with Gasteiger partial charge in [-0.15, -0.1) is 0 Å². The van der Waals surface area contributed by atoms with Crippen LogP contribution in [0.2, 0.25) is 0 Å². The summed E-state index contributed by atoms with van der Waals surface area (Å²) in [6.45, 7) is 2.72. The van der Waals surface area contributed by atoms with E-state index in [4.69, 9.17) is 10.5 Å². The number of aromatic amines is 1. The molecule has 31 heavy (non-hydrogen) atoms. The number of aromatic nitrogens is 2. The number of hydrogen-bond donors (Lipinski definition) is 2. The molecule has 4 aliphatic rings. The van der Waals surface area contributed by atoms with Gasteiger partial charge < -0.3 is 15.5 Å². The molecule has 2 saturated carbocycles. The molecule has 2 aliphatic carbocycles. The van der Waals surface area contributed by atoms with Crippen molar-refractivity contribution in [2.45, 2.75) is 69.3 Å². The fraction of sp³-hybridized carbons (Fsp3) is 0.609. The second-order valence-electron chi connectivity index (χ2n) is 9.95. The molecule has 8 heteroatoms. The van der Waals surface area contributed by atoms with E-state index in [2.05, 4.69) is 16.9 Å². The van der Waals surface area contributed by atoms with Crippen LogP contribution in [0.3, 0.4) is 0 Å². The Balaban J connectivity index is 1.60. The highest BCUT2D eigenvalue weighted by molar-refractivity contribution is 6.03. The van der Waals surface area contributed by atoms with Gasteiger partial charge in [-0.2, -0.15) is 0 Å². The van der Waals surface area contributed by atoms with Crippen LogP contribution in [0.4, 0.5) is 8.78 Å². The van der Waals surface area contributed by atoms with Crippen molar-refractivity contribution < 1.29 is 18.3 Å². The Morgan fingerprint density at radius 3 is 2.65 bits per heavy atom. The van der Waals surface area contributed by atoms with Crippen molar-refractivity contribution in [1.29, 1.82) is 0 Å². The fourth-order valence-corrected chi connectivity index (χ4v) is 6.16. The lowest BCUT2D eigenvalue weighted by Gasteiger charge is -2.57. The maximum Gasteiger partial charge on any atom is 0.268 e. The lowest BCUT2D eigenvalue weighted by molar-refractivity contribution is -0.205. The van der Waals surface area contributed by atoms with Crippen LogP contribution in [-0.2, 0) is 4.74 Å². The zero-order valence-electron chi connectivity index (χ0n) is 17.5. The number of halogens is 2. The van der Waals surface area contributed by atoms with Gasteiger partial charge in [0.05, 0.1) is 23.1 Å². The first-order chi connectivity index (χ1) is 14.6. The van der Waals surface area contributed by atoms with Crippen LogP contribution >= 0.6 is 0 Å². The van der Waals surface area contributed by atoms with Crippen LogP contribution in [0.1, 0.15) is 74.0 Å². The number of ether oxygens (including phenoxy) is 1. The summed E-state index contributed by atoms with van der Waals surface area (Å²) >= 11 is 0. The fourth-order valence-electron chi connectivity index (χ4n) is 6.16. The third kappa shape index (κ3) is 3.35. The molecule has 2 aliphatic heterocycles. The predicted molar refractivity (Wildman–Crippen MR) is 111 cm³/mol. The minimum atomic E-state index is -2.78. The summed E-state index contributed by atoms with van der Waals surface area (Å²) in [4.78, 5) is 31.7. The Morgan fingerprint density at radius 1 is 1.26 bits per heavy atom. The highest BCUT2D eigenvalue weighted by Crippen LogP contribution is 2.60. The number of carbonyl (C=O) groups is 1. The molecule has 4 fully saturated rings. The Morgan fingerprint density at radius 2 is 2.00 bits per heavy atom. The number of nitrogens with one attached hydrogen (secondary N) is 1. The highest BCUT2D eigenvalue weighted by atomic mass is 19.3. The number of amides is 1. The van der Waals surface area contributed by atoms with Gasteiger partial charge in [0.1, 0.15) is 5.69 Å². The number of rotatable bonds is 3. The molecule has 2 saturated heterocycles. The SMILES string of the molecule is CC12CCC(C3CCC(F)(F)C[C@H]3c3cc(=O)c4c(C(N)=O)nccc4[nH]3)(CC1)CO2. The quantitative estimate of drug-likeness (QED) is 0.770. The van der Waals surface area contributed by atoms with Crippen LogP contribution in [0.15, 0.2) is 23.1 Å². The van der Waals surface area contributed by atoms with Gasteiger partial charge in [-0.05, 0) is 56.4 Å². The van der Waals surface area contributed by atoms with Gasteiger partial charge in [-0.3, -0.25) is 14.6 Å². The van der Waals surface area contributed by atoms with Gasteiger partial charge in [-0.1, -0.05) is 0 Å². The summed E-state index contributed by atoms with van der Waals surface area (Å²) in [7, 11) is 0. The molecular weight excluding hydrogens is 404 g/mol. The molecule has 1 unspecified atom stereocenters. The Labute approximate surface area is 178 Å². The lowest BCUT2D eigenvalue weighted by Crippen LogP contribution is -2.55. The first kappa shape index (κ1) is 20.5. The van der Waals surface area contributed by atoms with E-state index in [1.165, 1.54) is 12.3 Å². The molecule has 0 spiro atoms. The van der Waals surface area contributed by atoms with E-state index in [9.17, 15) is 18.4 Å². The molecule has 2 aromatic rings. The van der Waals surface area contributed by atoms with E-state index in [0.29, 0.717) is 24.2 Å². The Bertz CT molecular complexity index is 1090. The normalized spacial score (nSPS) is 34.7. The molecule has 2 aromatic heterocycles. The summed E-state index contributed by atoms with van der Waals surface area (Å²) in [5, 5.41) is 0.102. The van der Waals surface area contributed by atoms with Gasteiger partial charge >= 0.3 is 0 Å². The molecule has 6 rings (SSSR count). The van der Waals surface area contributed by atoms with Crippen LogP contribution < -0.4 is 11.2 Å². The molecule has 2 atom stereocenters. The number of carbonyl (C=O) groups excluding carboxylic acids is 1. The van der Waals surface area contributed by atoms with Crippen molar-refractivity contribution in [3.8, 4) is 0 Å². The number of nitrogens with zero attached hydrogens (tertiary/aromatic N) is 1. The molecule has 4 heterocycles. The molecule has 0 radical (unpaired) electrons. The zero-order chi connectivity index (χ0) is 22.0. The highest BCUT2D eigenvalue weighted by Gasteiger charge is 2.56. The van der Waals surface area contributed by atoms with Crippen LogP contribution in [0, 0.1) is 11.3 Å². The number of primary amides is 1. The second-order valence-corrected chi connectivity index (χ2v) is 9.95. The van der Waals surface area contributed by atoms with Gasteiger partial charge in [0.15, 0.2) is 5.43 Å². The number of pyridine rings is 2. The minimum absolute atomic E-state index is 0.00234. The summed E-state index contributed by atoms with van der Waals surface area (Å²) in [5.41, 5.74) is 5.50. The number of fused-ring (bicyclic) bond motifs is 4. The van der Waals surface area contributed by atoms with Crippen molar-refractivity contribution >= 4 is 16.8 Å². The first-order valence-electron chi connectivity index (χ1n) is 11.0. The largest absolute Gasteiger partial charge is 0.375 e. The topological polar surface area (TPSA) is 98.1 Å². The summed E-state index contributed by atoms with van der Waals surface area (Å²) < 4.78 is 35.3. The molecule has 2 bridgehead atoms. The zero-order valence-corrected chi connectivity index (χ0v) is 17.5. The molecule has 3 N–H and O–H groups in total. The van der Waals surface area contributed by atoms with Gasteiger partial charge in [0, 0.05) is 36.7 Å². The van der Waals surface area contributed by atoms with E-state index >= 15 is 0 Å².